The Morgan fingerprint density at radius 3 is 2.29 bits per heavy atom. The van der Waals surface area contributed by atoms with Crippen LogP contribution in [-0.2, 0) is 66.5 Å². The molecule has 2 bridgehead atoms. The van der Waals surface area contributed by atoms with Crippen molar-refractivity contribution in [2.24, 2.45) is 34.0 Å². The van der Waals surface area contributed by atoms with Crippen LogP contribution in [0, 0.1) is 34.0 Å². The molecule has 1 N–H and O–H groups in total. The zero-order valence-corrected chi connectivity index (χ0v) is 30.9. The lowest BCUT2D eigenvalue weighted by Gasteiger charge is -2.66. The van der Waals surface area contributed by atoms with Crippen LogP contribution in [0.3, 0.4) is 0 Å². The van der Waals surface area contributed by atoms with E-state index in [4.69, 9.17) is 47.4 Å². The zero-order valence-electron chi connectivity index (χ0n) is 30.9. The molecule has 7 fully saturated rings. The average Bonchev–Trinajstić information content (AvgIpc) is 3.86. The molecule has 5 aliphatic heterocycles. The molecule has 15 nitrogen and oxygen atoms in total. The molecule has 16 atom stereocenters. The molecule has 3 saturated carbocycles. The molecule has 0 aromatic carbocycles. The molecular weight excluding hydrogens is 684 g/mol. The fourth-order valence-electron chi connectivity index (χ4n) is 12.7. The van der Waals surface area contributed by atoms with Gasteiger partial charge in [0.2, 0.25) is 11.9 Å². The van der Waals surface area contributed by atoms with E-state index in [1.54, 1.807) is 32.9 Å². The van der Waals surface area contributed by atoms with Crippen LogP contribution >= 0.6 is 0 Å². The van der Waals surface area contributed by atoms with Crippen LogP contribution in [0.5, 0.6) is 0 Å². The number of carbonyl (C=O) groups excluding carboxylic acids is 4. The van der Waals surface area contributed by atoms with Crippen molar-refractivity contribution in [3.05, 3.63) is 24.0 Å². The van der Waals surface area contributed by atoms with Crippen molar-refractivity contribution in [1.82, 2.24) is 0 Å². The summed E-state index contributed by atoms with van der Waals surface area (Å²) in [5.74, 6) is -7.15. The monoisotopic (exact) mass is 732 g/mol. The number of esters is 4. The number of ether oxygens (including phenoxy) is 10. The second-order valence-corrected chi connectivity index (χ2v) is 16.5. The number of allylic oxidation sites excluding steroid dienone is 1. The molecule has 0 radical (unpaired) electrons. The second kappa shape index (κ2) is 11.0. The summed E-state index contributed by atoms with van der Waals surface area (Å²) < 4.78 is 63.1. The Kier molecular flexibility index (Phi) is 7.60. The second-order valence-electron chi connectivity index (χ2n) is 16.5. The number of rotatable bonds is 6. The SMILES string of the molecule is C/C=C(\C)C(=O)OC12C=COC1OC1CC2C2(C)OC3C4OCC5(C)C(OC(C)=O)CC(OC(C)=O)C6(COC(OC)(C(=O)OC)C6C3(C)C12O)C45. The fourth-order valence-corrected chi connectivity index (χ4v) is 12.7. The molecule has 5 heterocycles. The molecule has 52 heavy (non-hydrogen) atoms. The van der Waals surface area contributed by atoms with Gasteiger partial charge >= 0.3 is 23.9 Å². The van der Waals surface area contributed by atoms with Crippen LogP contribution in [0.2, 0.25) is 0 Å². The van der Waals surface area contributed by atoms with Crippen molar-refractivity contribution in [1.29, 1.82) is 0 Å². The first-order chi connectivity index (χ1) is 24.4. The summed E-state index contributed by atoms with van der Waals surface area (Å²) >= 11 is 0. The molecule has 0 amide bonds. The van der Waals surface area contributed by atoms with Gasteiger partial charge < -0.3 is 52.5 Å². The first-order valence-corrected chi connectivity index (χ1v) is 17.9. The Balaban J connectivity index is 1.38. The van der Waals surface area contributed by atoms with Gasteiger partial charge in [0.15, 0.2) is 0 Å². The van der Waals surface area contributed by atoms with E-state index in [1.165, 1.54) is 34.3 Å². The normalized spacial score (nSPS) is 53.1. The van der Waals surface area contributed by atoms with E-state index in [-0.39, 0.29) is 26.1 Å². The minimum atomic E-state index is -2.14. The number of hydrogen-bond acceptors (Lipinski definition) is 15. The third kappa shape index (κ3) is 3.77. The Morgan fingerprint density at radius 1 is 0.962 bits per heavy atom. The van der Waals surface area contributed by atoms with Gasteiger partial charge in [-0.05, 0) is 27.2 Å². The van der Waals surface area contributed by atoms with Gasteiger partial charge in [0, 0.05) is 73.0 Å². The van der Waals surface area contributed by atoms with E-state index in [0.717, 1.165) is 0 Å². The minimum absolute atomic E-state index is 0.0625. The average molecular weight is 733 g/mol. The Hall–Kier alpha value is -3.08. The smallest absolute Gasteiger partial charge is 0.366 e. The molecule has 0 aromatic rings. The molecule has 16 unspecified atom stereocenters. The summed E-state index contributed by atoms with van der Waals surface area (Å²) in [6, 6.07) is 0. The topological polar surface area (TPSA) is 181 Å². The summed E-state index contributed by atoms with van der Waals surface area (Å²) in [7, 11) is 2.55. The summed E-state index contributed by atoms with van der Waals surface area (Å²) in [6.45, 7) is 11.5. The largest absolute Gasteiger partial charge is 0.468 e. The van der Waals surface area contributed by atoms with Crippen LogP contribution in [0.1, 0.15) is 61.3 Å². The number of hydrogen-bond donors (Lipinski definition) is 1. The molecular formula is C37H48O15. The van der Waals surface area contributed by atoms with Crippen LogP contribution in [-0.4, -0.2) is 116 Å². The number of aliphatic hydroxyl groups is 1. The minimum Gasteiger partial charge on any atom is -0.468 e. The fraction of sp³-hybridized carbons (Fsp3) is 0.784. The molecule has 8 aliphatic rings. The van der Waals surface area contributed by atoms with Gasteiger partial charge in [0.05, 0.1) is 44.9 Å². The lowest BCUT2D eigenvalue weighted by atomic mass is 9.37. The number of fused-ring (bicyclic) bond motifs is 11. The Morgan fingerprint density at radius 2 is 1.65 bits per heavy atom. The maximum atomic E-state index is 14.2. The van der Waals surface area contributed by atoms with Crippen molar-refractivity contribution < 1.29 is 71.7 Å². The lowest BCUT2D eigenvalue weighted by Crippen LogP contribution is -2.78. The van der Waals surface area contributed by atoms with Crippen LogP contribution in [0.15, 0.2) is 24.0 Å². The van der Waals surface area contributed by atoms with Crippen molar-refractivity contribution in [2.45, 2.75) is 121 Å². The molecule has 15 heteroatoms. The molecule has 3 aliphatic carbocycles. The van der Waals surface area contributed by atoms with Crippen LogP contribution in [0.4, 0.5) is 0 Å². The summed E-state index contributed by atoms with van der Waals surface area (Å²) in [5.41, 5.74) is -8.32. The van der Waals surface area contributed by atoms with E-state index in [2.05, 4.69) is 0 Å². The highest BCUT2D eigenvalue weighted by molar-refractivity contribution is 5.88. The van der Waals surface area contributed by atoms with Gasteiger partial charge in [-0.15, -0.1) is 0 Å². The lowest BCUT2D eigenvalue weighted by molar-refractivity contribution is -0.318. The first kappa shape index (κ1) is 35.9. The van der Waals surface area contributed by atoms with E-state index in [0.29, 0.717) is 5.57 Å². The Labute approximate surface area is 301 Å². The third-order valence-corrected chi connectivity index (χ3v) is 14.6. The van der Waals surface area contributed by atoms with Crippen LogP contribution in [0.25, 0.3) is 0 Å². The number of methoxy groups -OCH3 is 2. The Bertz CT molecular complexity index is 1680. The van der Waals surface area contributed by atoms with E-state index in [1.807, 2.05) is 13.8 Å². The zero-order chi connectivity index (χ0) is 37.6. The van der Waals surface area contributed by atoms with Gasteiger partial charge in [-0.3, -0.25) is 9.59 Å². The predicted molar refractivity (Wildman–Crippen MR) is 172 cm³/mol. The molecule has 8 rings (SSSR count). The maximum absolute atomic E-state index is 14.2. The van der Waals surface area contributed by atoms with Gasteiger partial charge in [0.25, 0.3) is 5.79 Å². The van der Waals surface area contributed by atoms with Crippen molar-refractivity contribution in [2.75, 3.05) is 27.4 Å². The molecule has 0 aromatic heterocycles. The molecule has 4 saturated heterocycles. The van der Waals surface area contributed by atoms with E-state index < -0.39 is 117 Å². The highest BCUT2D eigenvalue weighted by Gasteiger charge is 2.94. The van der Waals surface area contributed by atoms with Gasteiger partial charge in [-0.1, -0.05) is 19.9 Å². The molecule has 286 valence electrons. The molecule has 1 spiro atoms. The predicted octanol–water partition coefficient (Wildman–Crippen LogP) is 1.87. The van der Waals surface area contributed by atoms with Crippen molar-refractivity contribution in [3.63, 3.8) is 0 Å². The van der Waals surface area contributed by atoms with Gasteiger partial charge in [-0.2, -0.15) is 0 Å². The maximum Gasteiger partial charge on any atom is 0.366 e. The summed E-state index contributed by atoms with van der Waals surface area (Å²) in [6.07, 6.45) is -0.635. The van der Waals surface area contributed by atoms with Gasteiger partial charge in [0.1, 0.15) is 23.4 Å². The van der Waals surface area contributed by atoms with Crippen LogP contribution < -0.4 is 0 Å². The van der Waals surface area contributed by atoms with Crippen molar-refractivity contribution >= 4 is 23.9 Å². The number of carbonyl (C=O) groups is 4. The standard InChI is InChI=1S/C37H48O15/c1-10-17(2)27(40)52-35-11-12-45-30(35)50-23-13-20(35)33(7)37(23,42)32(6)26(51-33)24-25-31(5,15-46-24)21(48-18(3)38)14-22(49-19(4)39)34(25)16-47-36(44-9,28(32)34)29(41)43-8/h10-12,20-26,28,30,42H,13-16H2,1-9H3/b17-10+. The highest BCUT2D eigenvalue weighted by atomic mass is 16.7. The van der Waals surface area contributed by atoms with E-state index >= 15 is 0 Å². The van der Waals surface area contributed by atoms with E-state index in [9.17, 15) is 24.3 Å². The first-order valence-electron chi connectivity index (χ1n) is 17.9. The highest BCUT2D eigenvalue weighted by Crippen LogP contribution is 2.81. The quantitative estimate of drug-likeness (QED) is 0.237. The summed E-state index contributed by atoms with van der Waals surface area (Å²) in [4.78, 5) is 53.2. The third-order valence-electron chi connectivity index (χ3n) is 14.6. The van der Waals surface area contributed by atoms with Crippen molar-refractivity contribution in [3.8, 4) is 0 Å². The summed E-state index contributed by atoms with van der Waals surface area (Å²) in [5, 5.41) is 13.8. The van der Waals surface area contributed by atoms with Gasteiger partial charge in [-0.25, -0.2) is 9.59 Å².